The van der Waals surface area contributed by atoms with Crippen molar-refractivity contribution in [1.29, 1.82) is 0 Å². The van der Waals surface area contributed by atoms with E-state index in [1.54, 1.807) is 7.11 Å². The molecule has 2 N–H and O–H groups in total. The number of fused-ring (bicyclic) bond motifs is 1. The van der Waals surface area contributed by atoms with Crippen LogP contribution in [-0.4, -0.2) is 51.0 Å². The first-order valence-electron chi connectivity index (χ1n) is 11.4. The van der Waals surface area contributed by atoms with Gasteiger partial charge in [-0.05, 0) is 54.5 Å². The molecule has 1 aromatic heterocycles. The minimum Gasteiger partial charge on any atom is -0.497 e. The molecule has 33 heavy (non-hydrogen) atoms. The Hall–Kier alpha value is -2.26. The Labute approximate surface area is 213 Å². The van der Waals surface area contributed by atoms with Crippen LogP contribution in [0.3, 0.4) is 0 Å². The Kier molecular flexibility index (Phi) is 9.43. The van der Waals surface area contributed by atoms with Crippen LogP contribution in [0.5, 0.6) is 5.75 Å². The van der Waals surface area contributed by atoms with Gasteiger partial charge in [0.2, 0.25) is 0 Å². The molecule has 0 aliphatic carbocycles. The summed E-state index contributed by atoms with van der Waals surface area (Å²) in [5, 5.41) is 8.35. The first kappa shape index (κ1) is 25.4. The molecule has 0 spiro atoms. The van der Waals surface area contributed by atoms with Crippen molar-refractivity contribution in [1.82, 2.24) is 15.2 Å². The number of methoxy groups -OCH3 is 1. The van der Waals surface area contributed by atoms with Crippen molar-refractivity contribution in [3.05, 3.63) is 66.4 Å². The summed E-state index contributed by atoms with van der Waals surface area (Å²) < 4.78 is 13.3. The number of guanidine groups is 1. The molecular weight excluding hydrogens is 527 g/mol. The molecule has 0 unspecified atom stereocenters. The van der Waals surface area contributed by atoms with E-state index in [1.807, 2.05) is 19.2 Å². The van der Waals surface area contributed by atoms with Crippen LogP contribution in [0.15, 0.2) is 65.8 Å². The molecule has 0 amide bonds. The highest BCUT2D eigenvalue weighted by atomic mass is 127. The minimum absolute atomic E-state index is 0. The maximum atomic E-state index is 5.67. The fourth-order valence-electron chi connectivity index (χ4n) is 4.54. The van der Waals surface area contributed by atoms with Crippen LogP contribution >= 0.6 is 24.0 Å². The largest absolute Gasteiger partial charge is 0.497 e. The minimum atomic E-state index is 0. The van der Waals surface area contributed by atoms with Gasteiger partial charge in [0.1, 0.15) is 5.75 Å². The summed E-state index contributed by atoms with van der Waals surface area (Å²) in [6, 6.07) is 19.1. The van der Waals surface area contributed by atoms with E-state index in [-0.39, 0.29) is 29.4 Å². The normalized spacial score (nSPS) is 15.6. The fourth-order valence-corrected chi connectivity index (χ4v) is 4.54. The third-order valence-electron chi connectivity index (χ3n) is 6.52. The topological polar surface area (TPSA) is 59.8 Å². The number of halogens is 1. The van der Waals surface area contributed by atoms with Crippen molar-refractivity contribution in [2.24, 2.45) is 4.99 Å². The third kappa shape index (κ3) is 6.20. The van der Waals surface area contributed by atoms with Crippen LogP contribution in [0.25, 0.3) is 10.9 Å². The van der Waals surface area contributed by atoms with Gasteiger partial charge in [0, 0.05) is 57.0 Å². The van der Waals surface area contributed by atoms with Crippen LogP contribution in [0.2, 0.25) is 0 Å². The van der Waals surface area contributed by atoms with Crippen molar-refractivity contribution in [3.8, 4) is 5.75 Å². The summed E-state index contributed by atoms with van der Waals surface area (Å²) in [5.74, 6) is 1.73. The Morgan fingerprint density at radius 3 is 2.55 bits per heavy atom. The molecule has 3 aromatic rings. The molecule has 2 aromatic carbocycles. The van der Waals surface area contributed by atoms with Gasteiger partial charge in [-0.1, -0.05) is 30.3 Å². The molecule has 0 bridgehead atoms. The molecule has 6 nitrogen and oxygen atoms in total. The zero-order chi connectivity index (χ0) is 22.2. The van der Waals surface area contributed by atoms with E-state index in [1.165, 1.54) is 16.5 Å². The Bertz CT molecular complexity index is 1030. The number of aryl methyl sites for hydroxylation is 1. The summed E-state index contributed by atoms with van der Waals surface area (Å²) in [5.41, 5.74) is 2.65. The maximum absolute atomic E-state index is 5.67. The monoisotopic (exact) mass is 562 g/mol. The number of hydrogen-bond donors (Lipinski definition) is 2. The standard InChI is InChI=1S/C26H34N4O2.HI/c1-27-25(28-15-5-16-30-17-12-21-6-3-4-7-24(21)30)29-20-26(13-18-32-19-14-26)22-8-10-23(31-2)11-9-22;/h3-4,6-12,17H,5,13-16,18-20H2,1-2H3,(H2,27,28,29);1H. The molecule has 178 valence electrons. The van der Waals surface area contributed by atoms with Gasteiger partial charge in [0.05, 0.1) is 7.11 Å². The number of nitrogens with one attached hydrogen (secondary N) is 2. The molecule has 1 saturated heterocycles. The lowest BCUT2D eigenvalue weighted by molar-refractivity contribution is 0.0513. The second kappa shape index (κ2) is 12.3. The molecule has 0 saturated carbocycles. The predicted molar refractivity (Wildman–Crippen MR) is 146 cm³/mol. The van der Waals surface area contributed by atoms with E-state index in [2.05, 4.69) is 68.9 Å². The average Bonchev–Trinajstić information content (AvgIpc) is 3.27. The lowest BCUT2D eigenvalue weighted by Crippen LogP contribution is -2.48. The number of nitrogens with zero attached hydrogens (tertiary/aromatic N) is 2. The van der Waals surface area contributed by atoms with Gasteiger partial charge in [-0.3, -0.25) is 4.99 Å². The number of ether oxygens (including phenoxy) is 2. The van der Waals surface area contributed by atoms with Gasteiger partial charge in [0.15, 0.2) is 5.96 Å². The van der Waals surface area contributed by atoms with E-state index < -0.39 is 0 Å². The second-order valence-corrected chi connectivity index (χ2v) is 8.40. The summed E-state index contributed by atoms with van der Waals surface area (Å²) >= 11 is 0. The number of rotatable bonds is 8. The summed E-state index contributed by atoms with van der Waals surface area (Å²) in [4.78, 5) is 4.45. The number of hydrogen-bond acceptors (Lipinski definition) is 3. The number of aliphatic imine (C=N–C) groups is 1. The van der Waals surface area contributed by atoms with Gasteiger partial charge in [-0.15, -0.1) is 24.0 Å². The van der Waals surface area contributed by atoms with Gasteiger partial charge in [-0.2, -0.15) is 0 Å². The number of benzene rings is 2. The van der Waals surface area contributed by atoms with Crippen LogP contribution in [0.4, 0.5) is 0 Å². The Morgan fingerprint density at radius 1 is 1.06 bits per heavy atom. The van der Waals surface area contributed by atoms with E-state index in [9.17, 15) is 0 Å². The maximum Gasteiger partial charge on any atom is 0.191 e. The van der Waals surface area contributed by atoms with Gasteiger partial charge < -0.3 is 24.7 Å². The van der Waals surface area contributed by atoms with E-state index in [0.29, 0.717) is 0 Å². The van der Waals surface area contributed by atoms with Gasteiger partial charge in [-0.25, -0.2) is 0 Å². The molecule has 1 aliphatic rings. The second-order valence-electron chi connectivity index (χ2n) is 8.40. The highest BCUT2D eigenvalue weighted by molar-refractivity contribution is 14.0. The molecule has 1 aliphatic heterocycles. The van der Waals surface area contributed by atoms with Crippen molar-refractivity contribution < 1.29 is 9.47 Å². The lowest BCUT2D eigenvalue weighted by Gasteiger charge is -2.38. The summed E-state index contributed by atoms with van der Waals surface area (Å²) in [7, 11) is 3.54. The van der Waals surface area contributed by atoms with E-state index >= 15 is 0 Å². The molecule has 7 heteroatoms. The fraction of sp³-hybridized carbons (Fsp3) is 0.423. The quantitative estimate of drug-likeness (QED) is 0.183. The highest BCUT2D eigenvalue weighted by Crippen LogP contribution is 2.35. The van der Waals surface area contributed by atoms with Crippen molar-refractivity contribution in [2.75, 3.05) is 40.5 Å². The van der Waals surface area contributed by atoms with Crippen molar-refractivity contribution in [3.63, 3.8) is 0 Å². The molecule has 0 atom stereocenters. The molecular formula is C26H35IN4O2. The summed E-state index contributed by atoms with van der Waals surface area (Å²) in [6.45, 7) is 4.23. The third-order valence-corrected chi connectivity index (χ3v) is 6.52. The van der Waals surface area contributed by atoms with Crippen LogP contribution in [0.1, 0.15) is 24.8 Å². The number of para-hydroxylation sites is 1. The van der Waals surface area contributed by atoms with E-state index in [4.69, 9.17) is 9.47 Å². The van der Waals surface area contributed by atoms with Gasteiger partial charge in [0.25, 0.3) is 0 Å². The van der Waals surface area contributed by atoms with Crippen molar-refractivity contribution >= 4 is 40.8 Å². The Balaban J connectivity index is 0.00000306. The molecule has 2 heterocycles. The SMILES string of the molecule is CN=C(NCCCn1ccc2ccccc21)NCC1(c2ccc(OC)cc2)CCOCC1.I. The number of aromatic nitrogens is 1. The molecule has 4 rings (SSSR count). The van der Waals surface area contributed by atoms with Crippen molar-refractivity contribution in [2.45, 2.75) is 31.2 Å². The predicted octanol–water partition coefficient (Wildman–Crippen LogP) is 4.57. The lowest BCUT2D eigenvalue weighted by atomic mass is 9.74. The zero-order valence-electron chi connectivity index (χ0n) is 19.5. The summed E-state index contributed by atoms with van der Waals surface area (Å²) in [6.07, 6.45) is 5.17. The first-order chi connectivity index (χ1) is 15.7. The average molecular weight is 562 g/mol. The highest BCUT2D eigenvalue weighted by Gasteiger charge is 2.34. The van der Waals surface area contributed by atoms with Crippen LogP contribution in [0, 0.1) is 0 Å². The van der Waals surface area contributed by atoms with Crippen LogP contribution < -0.4 is 15.4 Å². The first-order valence-corrected chi connectivity index (χ1v) is 11.4. The van der Waals surface area contributed by atoms with E-state index in [0.717, 1.165) is 63.8 Å². The smallest absolute Gasteiger partial charge is 0.191 e. The Morgan fingerprint density at radius 2 is 1.82 bits per heavy atom. The van der Waals surface area contributed by atoms with Gasteiger partial charge >= 0.3 is 0 Å². The molecule has 0 radical (unpaired) electrons. The zero-order valence-corrected chi connectivity index (χ0v) is 21.9. The van der Waals surface area contributed by atoms with Crippen LogP contribution in [-0.2, 0) is 16.7 Å². The molecule has 1 fully saturated rings.